The molecule has 88 valence electrons. The van der Waals surface area contributed by atoms with Gasteiger partial charge in [-0.25, -0.2) is 9.97 Å². The maximum Gasteiger partial charge on any atom is 0.140 e. The highest BCUT2D eigenvalue weighted by Gasteiger charge is 2.37. The molecule has 0 unspecified atom stereocenters. The van der Waals surface area contributed by atoms with Crippen LogP contribution in [0.15, 0.2) is 24.5 Å². The first kappa shape index (κ1) is 10.7. The molecule has 1 saturated heterocycles. The molecule has 0 radical (unpaired) electrons. The van der Waals surface area contributed by atoms with Gasteiger partial charge in [-0.15, -0.1) is 0 Å². The Balaban J connectivity index is 2.06. The molecule has 0 aliphatic carbocycles. The monoisotopic (exact) mass is 249 g/mol. The largest absolute Gasteiger partial charge is 0.386 e. The third-order valence-electron chi connectivity index (χ3n) is 2.94. The Hall–Kier alpha value is -1.39. The first-order valence-electron chi connectivity index (χ1n) is 5.43. The van der Waals surface area contributed by atoms with Crippen molar-refractivity contribution in [3.8, 4) is 0 Å². The van der Waals surface area contributed by atoms with E-state index in [1.54, 1.807) is 0 Å². The minimum Gasteiger partial charge on any atom is -0.386 e. The molecule has 0 bridgehead atoms. The van der Waals surface area contributed by atoms with E-state index >= 15 is 0 Å². The number of nitrogens with zero attached hydrogens (tertiary/aromatic N) is 3. The van der Waals surface area contributed by atoms with Gasteiger partial charge in [0.25, 0.3) is 0 Å². The molecule has 3 rings (SSSR count). The van der Waals surface area contributed by atoms with E-state index in [0.717, 1.165) is 16.7 Å². The van der Waals surface area contributed by atoms with E-state index in [2.05, 4.69) is 9.97 Å². The fourth-order valence-electron chi connectivity index (χ4n) is 2.19. The van der Waals surface area contributed by atoms with Crippen molar-refractivity contribution >= 4 is 28.3 Å². The van der Waals surface area contributed by atoms with Crippen LogP contribution in [0.5, 0.6) is 0 Å². The minimum atomic E-state index is -0.607. The fourth-order valence-corrected chi connectivity index (χ4v) is 2.36. The topological polar surface area (TPSA) is 49.2 Å². The van der Waals surface area contributed by atoms with Gasteiger partial charge in [-0.2, -0.15) is 0 Å². The molecule has 0 atom stereocenters. The number of hydrogen-bond donors (Lipinski definition) is 1. The summed E-state index contributed by atoms with van der Waals surface area (Å²) in [5, 5.41) is 11.4. The Morgan fingerprint density at radius 2 is 2.12 bits per heavy atom. The molecule has 17 heavy (non-hydrogen) atoms. The van der Waals surface area contributed by atoms with E-state index < -0.39 is 5.60 Å². The third kappa shape index (κ3) is 1.83. The summed E-state index contributed by atoms with van der Waals surface area (Å²) in [7, 11) is 0. The summed E-state index contributed by atoms with van der Waals surface area (Å²) in [6.07, 6.45) is 1.53. The third-order valence-corrected chi connectivity index (χ3v) is 3.18. The Morgan fingerprint density at radius 1 is 1.35 bits per heavy atom. The van der Waals surface area contributed by atoms with Crippen LogP contribution in [0.3, 0.4) is 0 Å². The van der Waals surface area contributed by atoms with Crippen molar-refractivity contribution in [3.05, 3.63) is 29.5 Å². The number of anilines is 1. The summed E-state index contributed by atoms with van der Waals surface area (Å²) in [4.78, 5) is 10.5. The first-order valence-corrected chi connectivity index (χ1v) is 5.81. The molecule has 5 heteroatoms. The molecular weight excluding hydrogens is 238 g/mol. The lowest BCUT2D eigenvalue weighted by molar-refractivity contribution is 0.0307. The molecule has 4 nitrogen and oxygen atoms in total. The van der Waals surface area contributed by atoms with E-state index in [1.807, 2.05) is 30.0 Å². The van der Waals surface area contributed by atoms with Crippen molar-refractivity contribution in [3.63, 3.8) is 0 Å². The number of aromatic nitrogens is 2. The molecule has 0 saturated carbocycles. The number of aliphatic hydroxyl groups is 1. The van der Waals surface area contributed by atoms with Gasteiger partial charge in [0.05, 0.1) is 11.1 Å². The molecular formula is C12H12ClN3O. The highest BCUT2D eigenvalue weighted by molar-refractivity contribution is 6.31. The predicted molar refractivity (Wildman–Crippen MR) is 67.4 cm³/mol. The predicted octanol–water partition coefficient (Wildman–Crippen LogP) is 1.85. The zero-order chi connectivity index (χ0) is 12.0. The number of hydrogen-bond acceptors (Lipinski definition) is 4. The van der Waals surface area contributed by atoms with Crippen LogP contribution in [0.25, 0.3) is 10.9 Å². The van der Waals surface area contributed by atoms with Crippen molar-refractivity contribution in [1.29, 1.82) is 0 Å². The van der Waals surface area contributed by atoms with Crippen LogP contribution >= 0.6 is 11.6 Å². The molecule has 2 heterocycles. The van der Waals surface area contributed by atoms with E-state index in [-0.39, 0.29) is 0 Å². The average Bonchev–Trinajstić information content (AvgIpc) is 2.24. The second-order valence-electron chi connectivity index (χ2n) is 4.71. The molecule has 1 aliphatic rings. The summed E-state index contributed by atoms with van der Waals surface area (Å²) in [5.41, 5.74) is 0.220. The molecule has 1 aromatic heterocycles. The van der Waals surface area contributed by atoms with Gasteiger partial charge in [-0.1, -0.05) is 11.6 Å². The van der Waals surface area contributed by atoms with Gasteiger partial charge < -0.3 is 10.0 Å². The Labute approximate surface area is 104 Å². The van der Waals surface area contributed by atoms with Gasteiger partial charge in [0.1, 0.15) is 12.1 Å². The van der Waals surface area contributed by atoms with Crippen molar-refractivity contribution < 1.29 is 5.11 Å². The van der Waals surface area contributed by atoms with Crippen LogP contribution in [-0.4, -0.2) is 33.8 Å². The molecule has 2 aromatic rings. The van der Waals surface area contributed by atoms with E-state index in [9.17, 15) is 5.11 Å². The van der Waals surface area contributed by atoms with E-state index in [1.165, 1.54) is 6.33 Å². The van der Waals surface area contributed by atoms with E-state index in [0.29, 0.717) is 18.1 Å². The SMILES string of the molecule is CC1(O)CN(c2ncnc3cc(Cl)ccc23)C1. The van der Waals surface area contributed by atoms with Crippen molar-refractivity contribution in [2.75, 3.05) is 18.0 Å². The van der Waals surface area contributed by atoms with Crippen LogP contribution in [-0.2, 0) is 0 Å². The maximum absolute atomic E-state index is 9.75. The summed E-state index contributed by atoms with van der Waals surface area (Å²) < 4.78 is 0. The fraction of sp³-hybridized carbons (Fsp3) is 0.333. The Bertz CT molecular complexity index is 577. The second kappa shape index (κ2) is 3.55. The Kier molecular flexibility index (Phi) is 2.24. The molecule has 1 aliphatic heterocycles. The van der Waals surface area contributed by atoms with Gasteiger partial charge in [-0.3, -0.25) is 0 Å². The molecule has 1 N–H and O–H groups in total. The minimum absolute atomic E-state index is 0.599. The summed E-state index contributed by atoms with van der Waals surface area (Å²) in [6, 6.07) is 5.56. The van der Waals surface area contributed by atoms with Crippen LogP contribution < -0.4 is 4.90 Å². The summed E-state index contributed by atoms with van der Waals surface area (Å²) in [5.74, 6) is 0.859. The van der Waals surface area contributed by atoms with Crippen molar-refractivity contribution in [1.82, 2.24) is 9.97 Å². The number of rotatable bonds is 1. The quantitative estimate of drug-likeness (QED) is 0.838. The van der Waals surface area contributed by atoms with Crippen LogP contribution in [0.4, 0.5) is 5.82 Å². The first-order chi connectivity index (χ1) is 8.05. The van der Waals surface area contributed by atoms with Gasteiger partial charge >= 0.3 is 0 Å². The number of halogens is 1. The second-order valence-corrected chi connectivity index (χ2v) is 5.15. The smallest absolute Gasteiger partial charge is 0.140 e. The van der Waals surface area contributed by atoms with E-state index in [4.69, 9.17) is 11.6 Å². The highest BCUT2D eigenvalue weighted by Crippen LogP contribution is 2.31. The van der Waals surface area contributed by atoms with Crippen LogP contribution in [0, 0.1) is 0 Å². The Morgan fingerprint density at radius 3 is 2.82 bits per heavy atom. The number of benzene rings is 1. The lowest BCUT2D eigenvalue weighted by atomic mass is 9.96. The molecule has 0 amide bonds. The number of fused-ring (bicyclic) bond motifs is 1. The summed E-state index contributed by atoms with van der Waals surface area (Å²) >= 11 is 5.93. The average molecular weight is 250 g/mol. The van der Waals surface area contributed by atoms with Crippen LogP contribution in [0.1, 0.15) is 6.92 Å². The normalized spacial score (nSPS) is 18.2. The van der Waals surface area contributed by atoms with Crippen molar-refractivity contribution in [2.24, 2.45) is 0 Å². The highest BCUT2D eigenvalue weighted by atomic mass is 35.5. The van der Waals surface area contributed by atoms with Gasteiger partial charge in [0, 0.05) is 23.5 Å². The summed E-state index contributed by atoms with van der Waals surface area (Å²) in [6.45, 7) is 3.02. The lowest BCUT2D eigenvalue weighted by Crippen LogP contribution is -2.60. The van der Waals surface area contributed by atoms with Gasteiger partial charge in [0.15, 0.2) is 0 Å². The number of β-amino-alcohol motifs (C(OH)–C–C–N with tert-alkyl or cyclic N) is 1. The zero-order valence-corrected chi connectivity index (χ0v) is 10.1. The van der Waals surface area contributed by atoms with Crippen molar-refractivity contribution in [2.45, 2.75) is 12.5 Å². The maximum atomic E-state index is 9.75. The lowest BCUT2D eigenvalue weighted by Gasteiger charge is -2.45. The molecule has 0 spiro atoms. The standard InChI is InChI=1S/C12H12ClN3O/c1-12(17)5-16(6-12)11-9-3-2-8(13)4-10(9)14-7-15-11/h2-4,7,17H,5-6H2,1H3. The van der Waals surface area contributed by atoms with Gasteiger partial charge in [-0.05, 0) is 25.1 Å². The zero-order valence-electron chi connectivity index (χ0n) is 9.39. The van der Waals surface area contributed by atoms with Gasteiger partial charge in [0.2, 0.25) is 0 Å². The molecule has 1 fully saturated rings. The molecule has 1 aromatic carbocycles. The van der Waals surface area contributed by atoms with Crippen LogP contribution in [0.2, 0.25) is 5.02 Å².